The van der Waals surface area contributed by atoms with Gasteiger partial charge in [0.1, 0.15) is 11.6 Å². The highest BCUT2D eigenvalue weighted by molar-refractivity contribution is 6.08. The van der Waals surface area contributed by atoms with Crippen molar-refractivity contribution in [1.82, 2.24) is 24.6 Å². The first-order chi connectivity index (χ1) is 13.6. The van der Waals surface area contributed by atoms with Crippen molar-refractivity contribution in [3.63, 3.8) is 0 Å². The maximum absolute atomic E-state index is 13.1. The molecule has 0 saturated heterocycles. The first-order valence-corrected chi connectivity index (χ1v) is 9.23. The van der Waals surface area contributed by atoms with Crippen LogP contribution in [0.3, 0.4) is 0 Å². The van der Waals surface area contributed by atoms with E-state index in [1.807, 2.05) is 47.9 Å². The summed E-state index contributed by atoms with van der Waals surface area (Å²) in [4.78, 5) is 30.0. The van der Waals surface area contributed by atoms with Crippen LogP contribution in [0.5, 0.6) is 0 Å². The lowest BCUT2D eigenvalue weighted by atomic mass is 10.2. The molecule has 0 aliphatic carbocycles. The molecule has 3 aromatic heterocycles. The number of hydrogen-bond acceptors (Lipinski definition) is 4. The third-order valence-electron chi connectivity index (χ3n) is 5.00. The minimum Gasteiger partial charge on any atom is -0.350 e. The Labute approximate surface area is 161 Å². The molecule has 0 radical (unpaired) electrons. The van der Waals surface area contributed by atoms with Gasteiger partial charge < -0.3 is 9.88 Å². The monoisotopic (exact) mass is 375 g/mol. The molecule has 0 saturated carbocycles. The van der Waals surface area contributed by atoms with Crippen LogP contribution in [-0.4, -0.2) is 25.2 Å². The summed E-state index contributed by atoms with van der Waals surface area (Å²) < 4.78 is 3.16. The molecule has 4 aromatic rings. The molecule has 7 nitrogen and oxygen atoms in total. The summed E-state index contributed by atoms with van der Waals surface area (Å²) >= 11 is 0. The predicted molar refractivity (Wildman–Crippen MR) is 108 cm³/mol. The molecule has 28 heavy (non-hydrogen) atoms. The molecular formula is C21H21N5O2. The van der Waals surface area contributed by atoms with Gasteiger partial charge in [0.05, 0.1) is 11.7 Å². The highest BCUT2D eigenvalue weighted by atomic mass is 16.2. The number of aromatic nitrogens is 4. The fourth-order valence-corrected chi connectivity index (χ4v) is 3.61. The van der Waals surface area contributed by atoms with Gasteiger partial charge in [-0.2, -0.15) is 5.10 Å². The molecule has 3 heterocycles. The third kappa shape index (κ3) is 2.94. The summed E-state index contributed by atoms with van der Waals surface area (Å²) in [5.41, 5.74) is 2.06. The van der Waals surface area contributed by atoms with Gasteiger partial charge in [-0.15, -0.1) is 0 Å². The van der Waals surface area contributed by atoms with Crippen LogP contribution in [0.1, 0.15) is 24.9 Å². The van der Waals surface area contributed by atoms with E-state index in [9.17, 15) is 9.59 Å². The van der Waals surface area contributed by atoms with Crippen molar-refractivity contribution in [3.05, 3.63) is 70.9 Å². The molecule has 1 amide bonds. The Balaban J connectivity index is 1.82. The number of para-hydroxylation sites is 1. The van der Waals surface area contributed by atoms with Crippen molar-refractivity contribution in [2.45, 2.75) is 25.9 Å². The van der Waals surface area contributed by atoms with Gasteiger partial charge >= 0.3 is 0 Å². The second-order valence-corrected chi connectivity index (χ2v) is 6.73. The molecule has 142 valence electrons. The number of fused-ring (bicyclic) bond motifs is 3. The van der Waals surface area contributed by atoms with Gasteiger partial charge in [-0.05, 0) is 24.1 Å². The van der Waals surface area contributed by atoms with Gasteiger partial charge in [-0.3, -0.25) is 14.6 Å². The zero-order chi connectivity index (χ0) is 19.7. The van der Waals surface area contributed by atoms with E-state index in [1.165, 1.54) is 4.68 Å². The predicted octanol–water partition coefficient (Wildman–Crippen LogP) is 2.55. The average molecular weight is 375 g/mol. The summed E-state index contributed by atoms with van der Waals surface area (Å²) in [5.74, 6) is -0.132. The number of nitrogens with zero attached hydrogens (tertiary/aromatic N) is 4. The van der Waals surface area contributed by atoms with Crippen molar-refractivity contribution >= 4 is 27.7 Å². The summed E-state index contributed by atoms with van der Waals surface area (Å²) in [6, 6.07) is 11.0. The minimum absolute atomic E-state index is 0.132. The lowest BCUT2D eigenvalue weighted by Gasteiger charge is -2.19. The largest absolute Gasteiger partial charge is 0.350 e. The van der Waals surface area contributed by atoms with E-state index < -0.39 is 6.04 Å². The van der Waals surface area contributed by atoms with Gasteiger partial charge in [-0.25, -0.2) is 4.68 Å². The van der Waals surface area contributed by atoms with E-state index >= 15 is 0 Å². The number of benzene rings is 1. The summed E-state index contributed by atoms with van der Waals surface area (Å²) in [5, 5.41) is 8.82. The standard InChI is InChI=1S/C21H21N5O2/c1-3-17(20(27)23-12-14-7-6-10-22-11-14)26-18-9-5-4-8-15(18)16-13-24-25(2)21(28)19(16)26/h4-11,13,17H,3,12H2,1-2H3,(H,23,27)/t17-/m0/s1. The molecule has 0 fully saturated rings. The Morgan fingerprint density at radius 3 is 2.71 bits per heavy atom. The zero-order valence-corrected chi connectivity index (χ0v) is 15.8. The molecule has 1 atom stereocenters. The lowest BCUT2D eigenvalue weighted by Crippen LogP contribution is -2.33. The molecule has 7 heteroatoms. The van der Waals surface area contributed by atoms with Crippen molar-refractivity contribution in [2.75, 3.05) is 0 Å². The fraction of sp³-hybridized carbons (Fsp3) is 0.238. The third-order valence-corrected chi connectivity index (χ3v) is 5.00. The lowest BCUT2D eigenvalue weighted by molar-refractivity contribution is -0.124. The van der Waals surface area contributed by atoms with Gasteiger partial charge in [0, 0.05) is 36.8 Å². The van der Waals surface area contributed by atoms with E-state index in [0.29, 0.717) is 18.5 Å². The number of carbonyl (C=O) groups is 1. The summed E-state index contributed by atoms with van der Waals surface area (Å²) in [6.45, 7) is 2.33. The maximum Gasteiger partial charge on any atom is 0.291 e. The highest BCUT2D eigenvalue weighted by Gasteiger charge is 2.25. The first-order valence-electron chi connectivity index (χ1n) is 9.23. The van der Waals surface area contributed by atoms with Crippen molar-refractivity contribution in [1.29, 1.82) is 0 Å². The summed E-state index contributed by atoms with van der Waals surface area (Å²) in [6.07, 6.45) is 5.67. The van der Waals surface area contributed by atoms with Gasteiger partial charge in [0.25, 0.3) is 5.56 Å². The highest BCUT2D eigenvalue weighted by Crippen LogP contribution is 2.30. The van der Waals surface area contributed by atoms with Crippen LogP contribution in [-0.2, 0) is 18.4 Å². The number of rotatable bonds is 5. The number of pyridine rings is 1. The topological polar surface area (TPSA) is 81.8 Å². The zero-order valence-electron chi connectivity index (χ0n) is 15.8. The Morgan fingerprint density at radius 1 is 1.14 bits per heavy atom. The van der Waals surface area contributed by atoms with Crippen LogP contribution in [0.15, 0.2) is 59.8 Å². The summed E-state index contributed by atoms with van der Waals surface area (Å²) in [7, 11) is 1.62. The number of hydrogen-bond donors (Lipinski definition) is 1. The molecule has 0 spiro atoms. The van der Waals surface area contributed by atoms with Crippen molar-refractivity contribution in [3.8, 4) is 0 Å². The number of aryl methyl sites for hydroxylation is 1. The molecule has 0 aliphatic rings. The average Bonchev–Trinajstić information content (AvgIpc) is 3.06. The molecule has 4 rings (SSSR count). The number of carbonyl (C=O) groups excluding carboxylic acids is 1. The number of nitrogens with one attached hydrogen (secondary N) is 1. The van der Waals surface area contributed by atoms with E-state index in [0.717, 1.165) is 21.9 Å². The van der Waals surface area contributed by atoms with Gasteiger partial charge in [-0.1, -0.05) is 31.2 Å². The number of amides is 1. The second-order valence-electron chi connectivity index (χ2n) is 6.73. The Bertz CT molecular complexity index is 1210. The molecule has 0 bridgehead atoms. The quantitative estimate of drug-likeness (QED) is 0.581. The van der Waals surface area contributed by atoms with E-state index in [-0.39, 0.29) is 11.5 Å². The molecular weight excluding hydrogens is 354 g/mol. The Morgan fingerprint density at radius 2 is 1.96 bits per heavy atom. The first kappa shape index (κ1) is 17.9. The van der Waals surface area contributed by atoms with Crippen LogP contribution in [0.25, 0.3) is 21.8 Å². The van der Waals surface area contributed by atoms with Crippen LogP contribution >= 0.6 is 0 Å². The van der Waals surface area contributed by atoms with Crippen LogP contribution in [0, 0.1) is 0 Å². The molecule has 0 unspecified atom stereocenters. The van der Waals surface area contributed by atoms with Crippen LogP contribution < -0.4 is 10.9 Å². The SMILES string of the molecule is CC[C@@H](C(=O)NCc1cccnc1)n1c2ccccc2c2cnn(C)c(=O)c21. The normalized spacial score (nSPS) is 12.4. The van der Waals surface area contributed by atoms with Gasteiger partial charge in [0.2, 0.25) is 5.91 Å². The maximum atomic E-state index is 13.1. The van der Waals surface area contributed by atoms with E-state index in [1.54, 1.807) is 25.6 Å². The van der Waals surface area contributed by atoms with Crippen molar-refractivity contribution in [2.24, 2.45) is 7.05 Å². The smallest absolute Gasteiger partial charge is 0.291 e. The Hall–Kier alpha value is -3.48. The Kier molecular flexibility index (Phi) is 4.65. The molecule has 1 N–H and O–H groups in total. The van der Waals surface area contributed by atoms with Crippen LogP contribution in [0.4, 0.5) is 0 Å². The molecule has 1 aromatic carbocycles. The second kappa shape index (κ2) is 7.26. The van der Waals surface area contributed by atoms with Gasteiger partial charge in [0.15, 0.2) is 0 Å². The van der Waals surface area contributed by atoms with Crippen LogP contribution in [0.2, 0.25) is 0 Å². The van der Waals surface area contributed by atoms with E-state index in [4.69, 9.17) is 0 Å². The molecule has 0 aliphatic heterocycles. The van der Waals surface area contributed by atoms with Crippen molar-refractivity contribution < 1.29 is 4.79 Å². The fourth-order valence-electron chi connectivity index (χ4n) is 3.61. The minimum atomic E-state index is -0.505. The van der Waals surface area contributed by atoms with E-state index in [2.05, 4.69) is 15.4 Å².